The largest absolute Gasteiger partial charge is 0.497 e. The van der Waals surface area contributed by atoms with Crippen LogP contribution in [0.25, 0.3) is 5.65 Å². The van der Waals surface area contributed by atoms with Crippen molar-refractivity contribution in [2.24, 2.45) is 0 Å². The third-order valence-corrected chi connectivity index (χ3v) is 3.69. The van der Waals surface area contributed by atoms with Gasteiger partial charge in [-0.15, -0.1) is 0 Å². The molecule has 0 aliphatic rings. The molecule has 0 saturated heterocycles. The number of carbonyl (C=O) groups is 1. The van der Waals surface area contributed by atoms with Crippen LogP contribution in [0.1, 0.15) is 11.3 Å². The Bertz CT molecular complexity index is 843. The van der Waals surface area contributed by atoms with E-state index in [1.165, 1.54) is 12.3 Å². The van der Waals surface area contributed by atoms with Crippen molar-refractivity contribution in [1.29, 1.82) is 0 Å². The third kappa shape index (κ3) is 3.90. The van der Waals surface area contributed by atoms with Crippen molar-refractivity contribution in [2.45, 2.75) is 12.8 Å². The van der Waals surface area contributed by atoms with Gasteiger partial charge in [-0.2, -0.15) is 0 Å². The molecule has 24 heavy (non-hydrogen) atoms. The smallest absolute Gasteiger partial charge is 0.224 e. The number of fused-ring (bicyclic) bond motifs is 1. The summed E-state index contributed by atoms with van der Waals surface area (Å²) in [6, 6.07) is 10.4. The molecule has 124 valence electrons. The molecule has 0 radical (unpaired) electrons. The first-order valence-electron chi connectivity index (χ1n) is 7.67. The van der Waals surface area contributed by atoms with Gasteiger partial charge in [0.05, 0.1) is 19.2 Å². The topological polar surface area (TPSA) is 55.6 Å². The summed E-state index contributed by atoms with van der Waals surface area (Å²) in [6.07, 6.45) is 4.07. The molecule has 0 fully saturated rings. The van der Waals surface area contributed by atoms with E-state index in [9.17, 15) is 9.18 Å². The van der Waals surface area contributed by atoms with E-state index in [1.54, 1.807) is 23.8 Å². The van der Waals surface area contributed by atoms with Crippen molar-refractivity contribution in [3.8, 4) is 5.75 Å². The van der Waals surface area contributed by atoms with Crippen LogP contribution in [-0.2, 0) is 17.6 Å². The number of carbonyl (C=O) groups excluding carboxylic acids is 1. The minimum absolute atomic E-state index is 0.0463. The Labute approximate surface area is 139 Å². The van der Waals surface area contributed by atoms with Crippen LogP contribution in [0.15, 0.2) is 48.8 Å². The van der Waals surface area contributed by atoms with Gasteiger partial charge in [0.1, 0.15) is 17.2 Å². The Hall–Kier alpha value is -2.89. The highest BCUT2D eigenvalue weighted by Gasteiger charge is 2.06. The molecule has 1 N–H and O–H groups in total. The first-order chi connectivity index (χ1) is 11.6. The monoisotopic (exact) mass is 327 g/mol. The maximum Gasteiger partial charge on any atom is 0.224 e. The van der Waals surface area contributed by atoms with Crippen LogP contribution in [0.5, 0.6) is 5.75 Å². The summed E-state index contributed by atoms with van der Waals surface area (Å²) in [4.78, 5) is 16.3. The molecule has 3 aromatic rings. The zero-order chi connectivity index (χ0) is 16.9. The van der Waals surface area contributed by atoms with Gasteiger partial charge in [0.2, 0.25) is 5.91 Å². The van der Waals surface area contributed by atoms with Crippen LogP contribution in [0, 0.1) is 5.82 Å². The molecule has 0 bridgehead atoms. The summed E-state index contributed by atoms with van der Waals surface area (Å²) >= 11 is 0. The van der Waals surface area contributed by atoms with E-state index in [1.807, 2.05) is 24.3 Å². The summed E-state index contributed by atoms with van der Waals surface area (Å²) in [5.74, 6) is 0.414. The molecule has 1 amide bonds. The summed E-state index contributed by atoms with van der Waals surface area (Å²) < 4.78 is 19.9. The van der Waals surface area contributed by atoms with Crippen LogP contribution >= 0.6 is 0 Å². The maximum absolute atomic E-state index is 13.1. The molecular formula is C18H18FN3O2. The molecule has 0 unspecified atom stereocenters. The Morgan fingerprint density at radius 3 is 2.75 bits per heavy atom. The van der Waals surface area contributed by atoms with E-state index in [0.717, 1.165) is 17.0 Å². The molecule has 0 spiro atoms. The van der Waals surface area contributed by atoms with Crippen molar-refractivity contribution < 1.29 is 13.9 Å². The van der Waals surface area contributed by atoms with Crippen LogP contribution in [0.2, 0.25) is 0 Å². The number of pyridine rings is 1. The second-order valence-corrected chi connectivity index (χ2v) is 5.47. The number of hydrogen-bond acceptors (Lipinski definition) is 3. The Balaban J connectivity index is 1.50. The van der Waals surface area contributed by atoms with Crippen molar-refractivity contribution in [2.75, 3.05) is 13.7 Å². The van der Waals surface area contributed by atoms with E-state index in [2.05, 4.69) is 10.3 Å². The van der Waals surface area contributed by atoms with E-state index in [4.69, 9.17) is 4.74 Å². The van der Waals surface area contributed by atoms with Gasteiger partial charge in [-0.25, -0.2) is 9.37 Å². The number of amides is 1. The number of ether oxygens (including phenoxy) is 1. The number of hydrogen-bond donors (Lipinski definition) is 1. The summed E-state index contributed by atoms with van der Waals surface area (Å²) in [5, 5.41) is 2.87. The van der Waals surface area contributed by atoms with E-state index < -0.39 is 0 Å². The molecule has 0 atom stereocenters. The van der Waals surface area contributed by atoms with Gasteiger partial charge < -0.3 is 14.5 Å². The highest BCUT2D eigenvalue weighted by molar-refractivity contribution is 5.78. The lowest BCUT2D eigenvalue weighted by Crippen LogP contribution is -2.27. The Kier molecular flexibility index (Phi) is 4.74. The quantitative estimate of drug-likeness (QED) is 0.756. The van der Waals surface area contributed by atoms with Gasteiger partial charge in [0.15, 0.2) is 0 Å². The molecule has 1 aromatic carbocycles. The number of halogens is 1. The fraction of sp³-hybridized carbons (Fsp3) is 0.222. The summed E-state index contributed by atoms with van der Waals surface area (Å²) in [6.45, 7) is 0.487. The van der Waals surface area contributed by atoms with Gasteiger partial charge >= 0.3 is 0 Å². The van der Waals surface area contributed by atoms with Crippen LogP contribution < -0.4 is 10.1 Å². The third-order valence-electron chi connectivity index (χ3n) is 3.69. The zero-order valence-electron chi connectivity index (χ0n) is 13.3. The Morgan fingerprint density at radius 2 is 2.00 bits per heavy atom. The number of methoxy groups -OCH3 is 1. The number of nitrogens with one attached hydrogen (secondary N) is 1. The number of nitrogens with zero attached hydrogens (tertiary/aromatic N) is 2. The molecule has 0 aliphatic carbocycles. The highest BCUT2D eigenvalue weighted by Crippen LogP contribution is 2.11. The fourth-order valence-electron chi connectivity index (χ4n) is 2.46. The lowest BCUT2D eigenvalue weighted by atomic mass is 10.1. The van der Waals surface area contributed by atoms with Gasteiger partial charge in [0, 0.05) is 25.4 Å². The normalized spacial score (nSPS) is 10.8. The van der Waals surface area contributed by atoms with Gasteiger partial charge in [-0.1, -0.05) is 12.1 Å². The van der Waals surface area contributed by atoms with Gasteiger partial charge in [-0.05, 0) is 29.8 Å². The molecule has 2 heterocycles. The van der Waals surface area contributed by atoms with Crippen molar-refractivity contribution in [1.82, 2.24) is 14.7 Å². The number of rotatable bonds is 6. The van der Waals surface area contributed by atoms with Gasteiger partial charge in [-0.3, -0.25) is 4.79 Å². The predicted molar refractivity (Wildman–Crippen MR) is 88.6 cm³/mol. The Morgan fingerprint density at radius 1 is 1.21 bits per heavy atom. The summed E-state index contributed by atoms with van der Waals surface area (Å²) in [7, 11) is 1.61. The lowest BCUT2D eigenvalue weighted by Gasteiger charge is -2.05. The molecule has 3 rings (SSSR count). The van der Waals surface area contributed by atoms with Crippen molar-refractivity contribution in [3.05, 3.63) is 65.9 Å². The van der Waals surface area contributed by atoms with E-state index in [0.29, 0.717) is 25.0 Å². The SMILES string of the molecule is COc1ccc(CC(=O)NCCc2cn3cc(F)ccc3n2)cc1. The number of imidazole rings is 1. The molecular weight excluding hydrogens is 309 g/mol. The van der Waals surface area contributed by atoms with Gasteiger partial charge in [0.25, 0.3) is 0 Å². The maximum atomic E-state index is 13.1. The van der Waals surface area contributed by atoms with Crippen molar-refractivity contribution >= 4 is 11.6 Å². The first-order valence-corrected chi connectivity index (χ1v) is 7.67. The number of aromatic nitrogens is 2. The second-order valence-electron chi connectivity index (χ2n) is 5.47. The average Bonchev–Trinajstić information content (AvgIpc) is 2.97. The average molecular weight is 327 g/mol. The van der Waals surface area contributed by atoms with Crippen LogP contribution in [0.3, 0.4) is 0 Å². The first kappa shape index (κ1) is 16.0. The molecule has 5 nitrogen and oxygen atoms in total. The lowest BCUT2D eigenvalue weighted by molar-refractivity contribution is -0.120. The molecule has 6 heteroatoms. The molecule has 2 aromatic heterocycles. The zero-order valence-corrected chi connectivity index (χ0v) is 13.3. The summed E-state index contributed by atoms with van der Waals surface area (Å²) in [5.41, 5.74) is 2.43. The minimum atomic E-state index is -0.306. The minimum Gasteiger partial charge on any atom is -0.497 e. The predicted octanol–water partition coefficient (Wildman–Crippen LogP) is 2.38. The standard InChI is InChI=1S/C18H18FN3O2/c1-24-16-5-2-13(3-6-16)10-18(23)20-9-8-15-12-22-11-14(19)4-7-17(22)21-15/h2-7,11-12H,8-10H2,1H3,(H,20,23). The molecule has 0 aliphatic heterocycles. The number of benzene rings is 1. The van der Waals surface area contributed by atoms with E-state index in [-0.39, 0.29) is 11.7 Å². The second kappa shape index (κ2) is 7.12. The molecule has 0 saturated carbocycles. The van der Waals surface area contributed by atoms with Crippen LogP contribution in [-0.4, -0.2) is 28.9 Å². The van der Waals surface area contributed by atoms with Crippen molar-refractivity contribution in [3.63, 3.8) is 0 Å². The van der Waals surface area contributed by atoms with E-state index >= 15 is 0 Å². The fourth-order valence-corrected chi connectivity index (χ4v) is 2.46. The highest BCUT2D eigenvalue weighted by atomic mass is 19.1. The van der Waals surface area contributed by atoms with Crippen LogP contribution in [0.4, 0.5) is 4.39 Å².